The minimum Gasteiger partial charge on any atom is -0.497 e. The molecule has 2 aromatic rings. The Morgan fingerprint density at radius 3 is 2.43 bits per heavy atom. The second kappa shape index (κ2) is 8.16. The van der Waals surface area contributed by atoms with E-state index in [1.807, 2.05) is 43.3 Å². The molecular formula is C19H22BrNO2. The highest BCUT2D eigenvalue weighted by Gasteiger charge is 2.07. The van der Waals surface area contributed by atoms with E-state index in [1.54, 1.807) is 7.11 Å². The van der Waals surface area contributed by atoms with Crippen molar-refractivity contribution in [3.63, 3.8) is 0 Å². The molecule has 0 aliphatic rings. The molecular weight excluding hydrogens is 354 g/mol. The Hall–Kier alpha value is -1.81. The average Bonchev–Trinajstić information content (AvgIpc) is 2.53. The van der Waals surface area contributed by atoms with Crippen LogP contribution in [0.5, 0.6) is 5.75 Å². The van der Waals surface area contributed by atoms with Crippen LogP contribution in [-0.4, -0.2) is 13.0 Å². The molecule has 0 radical (unpaired) electrons. The summed E-state index contributed by atoms with van der Waals surface area (Å²) in [4.78, 5) is 12.1. The largest absolute Gasteiger partial charge is 0.497 e. The van der Waals surface area contributed by atoms with Gasteiger partial charge in [-0.2, -0.15) is 0 Å². The number of hydrogen-bond donors (Lipinski definition) is 1. The van der Waals surface area contributed by atoms with Gasteiger partial charge in [-0.1, -0.05) is 12.1 Å². The molecule has 23 heavy (non-hydrogen) atoms. The lowest BCUT2D eigenvalue weighted by molar-refractivity contribution is -0.116. The second-order valence-electron chi connectivity index (χ2n) is 5.67. The maximum absolute atomic E-state index is 12.1. The number of anilines is 1. The summed E-state index contributed by atoms with van der Waals surface area (Å²) in [5.74, 6) is 0.897. The molecule has 1 N–H and O–H groups in total. The van der Waals surface area contributed by atoms with Crippen molar-refractivity contribution in [1.29, 1.82) is 0 Å². The van der Waals surface area contributed by atoms with Gasteiger partial charge in [0, 0.05) is 10.9 Å². The molecule has 3 nitrogen and oxygen atoms in total. The van der Waals surface area contributed by atoms with Crippen molar-refractivity contribution in [2.24, 2.45) is 0 Å². The van der Waals surface area contributed by atoms with Gasteiger partial charge in [-0.25, -0.2) is 0 Å². The smallest absolute Gasteiger partial charge is 0.224 e. The Kier molecular flexibility index (Phi) is 6.22. The van der Waals surface area contributed by atoms with E-state index in [0.29, 0.717) is 6.42 Å². The van der Waals surface area contributed by atoms with Crippen LogP contribution in [0.15, 0.2) is 40.9 Å². The fourth-order valence-electron chi connectivity index (χ4n) is 2.33. The summed E-state index contributed by atoms with van der Waals surface area (Å²) in [5.41, 5.74) is 4.42. The van der Waals surface area contributed by atoms with Crippen LogP contribution in [0.25, 0.3) is 0 Å². The SMILES string of the molecule is COc1ccc(CCCC(=O)Nc2cc(C)c(C)cc2Br)cc1. The summed E-state index contributed by atoms with van der Waals surface area (Å²) in [6.45, 7) is 4.10. The van der Waals surface area contributed by atoms with Crippen LogP contribution in [-0.2, 0) is 11.2 Å². The molecule has 0 aromatic heterocycles. The predicted molar refractivity (Wildman–Crippen MR) is 98.2 cm³/mol. The summed E-state index contributed by atoms with van der Waals surface area (Å²) in [7, 11) is 1.66. The average molecular weight is 376 g/mol. The first-order chi connectivity index (χ1) is 11.0. The first-order valence-corrected chi connectivity index (χ1v) is 8.48. The van der Waals surface area contributed by atoms with Gasteiger partial charge in [0.1, 0.15) is 5.75 Å². The predicted octanol–water partition coefficient (Wildman–Crippen LogP) is 5.04. The topological polar surface area (TPSA) is 38.3 Å². The summed E-state index contributed by atoms with van der Waals surface area (Å²) < 4.78 is 6.06. The number of aryl methyl sites for hydroxylation is 3. The Bertz CT molecular complexity index is 681. The molecule has 0 aliphatic heterocycles. The Morgan fingerprint density at radius 1 is 1.13 bits per heavy atom. The van der Waals surface area contributed by atoms with Gasteiger partial charge in [-0.15, -0.1) is 0 Å². The normalized spacial score (nSPS) is 10.4. The lowest BCUT2D eigenvalue weighted by Gasteiger charge is -2.10. The number of methoxy groups -OCH3 is 1. The highest BCUT2D eigenvalue weighted by atomic mass is 79.9. The number of ether oxygens (including phenoxy) is 1. The molecule has 0 atom stereocenters. The third-order valence-electron chi connectivity index (χ3n) is 3.89. The molecule has 1 amide bonds. The number of nitrogens with one attached hydrogen (secondary N) is 1. The van der Waals surface area contributed by atoms with Crippen molar-refractivity contribution in [3.05, 3.63) is 57.6 Å². The first kappa shape index (κ1) is 17.5. The molecule has 0 bridgehead atoms. The third kappa shape index (κ3) is 5.10. The van der Waals surface area contributed by atoms with Crippen LogP contribution in [0, 0.1) is 13.8 Å². The molecule has 0 saturated heterocycles. The summed E-state index contributed by atoms with van der Waals surface area (Å²) in [6.07, 6.45) is 2.21. The van der Waals surface area contributed by atoms with Crippen LogP contribution in [0.3, 0.4) is 0 Å². The molecule has 2 rings (SSSR count). The van der Waals surface area contributed by atoms with Gasteiger partial charge in [-0.05, 0) is 83.6 Å². The van der Waals surface area contributed by atoms with Crippen LogP contribution < -0.4 is 10.1 Å². The van der Waals surface area contributed by atoms with E-state index >= 15 is 0 Å². The van der Waals surface area contributed by atoms with Gasteiger partial charge < -0.3 is 10.1 Å². The molecule has 2 aromatic carbocycles. The third-order valence-corrected chi connectivity index (χ3v) is 4.54. The van der Waals surface area contributed by atoms with E-state index in [1.165, 1.54) is 16.7 Å². The zero-order chi connectivity index (χ0) is 16.8. The van der Waals surface area contributed by atoms with Gasteiger partial charge in [0.25, 0.3) is 0 Å². The zero-order valence-corrected chi connectivity index (χ0v) is 15.4. The number of rotatable bonds is 6. The number of carbonyl (C=O) groups excluding carboxylic acids is 1. The van der Waals surface area contributed by atoms with Gasteiger partial charge in [0.05, 0.1) is 12.8 Å². The molecule has 0 aliphatic carbocycles. The van der Waals surface area contributed by atoms with Gasteiger partial charge in [0.2, 0.25) is 5.91 Å². The number of amides is 1. The van der Waals surface area contributed by atoms with E-state index in [2.05, 4.69) is 28.2 Å². The van der Waals surface area contributed by atoms with E-state index in [4.69, 9.17) is 4.74 Å². The first-order valence-electron chi connectivity index (χ1n) is 7.69. The maximum atomic E-state index is 12.1. The summed E-state index contributed by atoms with van der Waals surface area (Å²) in [6, 6.07) is 12.0. The molecule has 0 saturated carbocycles. The quantitative estimate of drug-likeness (QED) is 0.768. The minimum atomic E-state index is 0.0439. The highest BCUT2D eigenvalue weighted by molar-refractivity contribution is 9.10. The molecule has 0 fully saturated rings. The van der Waals surface area contributed by atoms with E-state index in [-0.39, 0.29) is 5.91 Å². The summed E-state index contributed by atoms with van der Waals surface area (Å²) in [5, 5.41) is 2.98. The van der Waals surface area contributed by atoms with Crippen molar-refractivity contribution in [3.8, 4) is 5.75 Å². The molecule has 122 valence electrons. The zero-order valence-electron chi connectivity index (χ0n) is 13.8. The number of carbonyl (C=O) groups is 1. The molecule has 0 unspecified atom stereocenters. The Balaban J connectivity index is 1.84. The van der Waals surface area contributed by atoms with Crippen LogP contribution in [0.2, 0.25) is 0 Å². The van der Waals surface area contributed by atoms with Crippen molar-refractivity contribution in [2.75, 3.05) is 12.4 Å². The van der Waals surface area contributed by atoms with Gasteiger partial charge >= 0.3 is 0 Å². The molecule has 0 spiro atoms. The Morgan fingerprint density at radius 2 is 1.78 bits per heavy atom. The monoisotopic (exact) mass is 375 g/mol. The lowest BCUT2D eigenvalue weighted by Crippen LogP contribution is -2.12. The summed E-state index contributed by atoms with van der Waals surface area (Å²) >= 11 is 3.50. The van der Waals surface area contributed by atoms with Gasteiger partial charge in [-0.3, -0.25) is 4.79 Å². The fourth-order valence-corrected chi connectivity index (χ4v) is 2.89. The van der Waals surface area contributed by atoms with Crippen molar-refractivity contribution in [2.45, 2.75) is 33.1 Å². The van der Waals surface area contributed by atoms with E-state index in [9.17, 15) is 4.79 Å². The van der Waals surface area contributed by atoms with Crippen molar-refractivity contribution in [1.82, 2.24) is 0 Å². The fraction of sp³-hybridized carbons (Fsp3) is 0.316. The lowest BCUT2D eigenvalue weighted by atomic mass is 10.1. The van der Waals surface area contributed by atoms with Crippen molar-refractivity contribution >= 4 is 27.5 Å². The number of hydrogen-bond acceptors (Lipinski definition) is 2. The van der Waals surface area contributed by atoms with E-state index < -0.39 is 0 Å². The second-order valence-corrected chi connectivity index (χ2v) is 6.52. The van der Waals surface area contributed by atoms with Crippen molar-refractivity contribution < 1.29 is 9.53 Å². The molecule has 4 heteroatoms. The van der Waals surface area contributed by atoms with E-state index in [0.717, 1.165) is 28.8 Å². The van der Waals surface area contributed by atoms with Crippen LogP contribution in [0.4, 0.5) is 5.69 Å². The van der Waals surface area contributed by atoms with Crippen LogP contribution in [0.1, 0.15) is 29.5 Å². The van der Waals surface area contributed by atoms with Crippen LogP contribution >= 0.6 is 15.9 Å². The standard InChI is InChI=1S/C19H22BrNO2/c1-13-11-17(20)18(12-14(13)2)21-19(22)6-4-5-15-7-9-16(23-3)10-8-15/h7-12H,4-6H2,1-3H3,(H,21,22). The molecule has 0 heterocycles. The Labute approximate surface area is 146 Å². The van der Waals surface area contributed by atoms with Gasteiger partial charge in [0.15, 0.2) is 0 Å². The minimum absolute atomic E-state index is 0.0439. The maximum Gasteiger partial charge on any atom is 0.224 e. The number of halogens is 1. The highest BCUT2D eigenvalue weighted by Crippen LogP contribution is 2.26. The number of benzene rings is 2.